The van der Waals surface area contributed by atoms with Gasteiger partial charge in [-0.15, -0.1) is 0 Å². The minimum atomic E-state index is -3.45. The predicted molar refractivity (Wildman–Crippen MR) is 102 cm³/mol. The second-order valence-electron chi connectivity index (χ2n) is 7.18. The smallest absolute Gasteiger partial charge is 0.282 e. The second-order valence-corrected chi connectivity index (χ2v) is 9.11. The number of fused-ring (bicyclic) bond motifs is 1. The maximum Gasteiger partial charge on any atom is 0.282 e. The minimum absolute atomic E-state index is 0.0925. The lowest BCUT2D eigenvalue weighted by Crippen LogP contribution is -2.46. The van der Waals surface area contributed by atoms with E-state index in [2.05, 4.69) is 4.98 Å². The zero-order chi connectivity index (χ0) is 19.6. The monoisotopic (exact) mass is 395 g/mol. The molecule has 1 aromatic rings. The average Bonchev–Trinajstić information content (AvgIpc) is 2.68. The molecule has 0 aliphatic carbocycles. The van der Waals surface area contributed by atoms with E-state index in [1.165, 1.54) is 8.61 Å². The van der Waals surface area contributed by atoms with E-state index in [-0.39, 0.29) is 11.8 Å². The highest BCUT2D eigenvalue weighted by Crippen LogP contribution is 2.27. The van der Waals surface area contributed by atoms with Gasteiger partial charge in [-0.2, -0.15) is 17.0 Å². The molecule has 3 heterocycles. The van der Waals surface area contributed by atoms with Crippen molar-refractivity contribution in [3.63, 3.8) is 0 Å². The summed E-state index contributed by atoms with van der Waals surface area (Å²) in [4.78, 5) is 22.8. The van der Waals surface area contributed by atoms with E-state index in [0.717, 1.165) is 36.5 Å². The fraction of sp³-hybridized carbons (Fsp3) is 0.722. The van der Waals surface area contributed by atoms with Crippen LogP contribution >= 0.6 is 0 Å². The summed E-state index contributed by atoms with van der Waals surface area (Å²) in [5, 5.41) is 0. The predicted octanol–water partition coefficient (Wildman–Crippen LogP) is 1.15. The van der Waals surface area contributed by atoms with Crippen LogP contribution in [-0.2, 0) is 28.0 Å². The Hall–Kier alpha value is -1.58. The van der Waals surface area contributed by atoms with Crippen molar-refractivity contribution in [2.45, 2.75) is 52.5 Å². The molecule has 3 rings (SSSR count). The highest BCUT2D eigenvalue weighted by atomic mass is 32.2. The van der Waals surface area contributed by atoms with E-state index in [9.17, 15) is 13.2 Å². The Kier molecular flexibility index (Phi) is 6.12. The quantitative estimate of drug-likeness (QED) is 0.746. The summed E-state index contributed by atoms with van der Waals surface area (Å²) in [6.07, 6.45) is 4.30. The van der Waals surface area contributed by atoms with Gasteiger partial charge in [0.2, 0.25) is 5.91 Å². The van der Waals surface area contributed by atoms with Crippen LogP contribution in [0.1, 0.15) is 56.6 Å². The Morgan fingerprint density at radius 3 is 2.70 bits per heavy atom. The number of piperidine rings is 1. The summed E-state index contributed by atoms with van der Waals surface area (Å²) in [6.45, 7) is 8.45. The molecule has 0 radical (unpaired) electrons. The van der Waals surface area contributed by atoms with Crippen molar-refractivity contribution in [1.82, 2.24) is 23.5 Å². The van der Waals surface area contributed by atoms with Crippen molar-refractivity contribution < 1.29 is 13.2 Å². The van der Waals surface area contributed by atoms with Crippen LogP contribution in [0.3, 0.4) is 0 Å². The first-order valence-electron chi connectivity index (χ1n) is 9.72. The zero-order valence-electron chi connectivity index (χ0n) is 16.4. The Bertz CT molecular complexity index is 794. The first-order chi connectivity index (χ1) is 12.9. The van der Waals surface area contributed by atoms with Gasteiger partial charge in [0.1, 0.15) is 5.82 Å². The lowest BCUT2D eigenvalue weighted by Gasteiger charge is -2.33. The lowest BCUT2D eigenvalue weighted by atomic mass is 9.96. The molecule has 0 spiro atoms. The Morgan fingerprint density at radius 2 is 2.04 bits per heavy atom. The molecule has 0 unspecified atom stereocenters. The number of nitrogens with zero attached hydrogens (tertiary/aromatic N) is 5. The number of carbonyl (C=O) groups excluding carboxylic acids is 1. The molecule has 1 saturated heterocycles. The molecule has 2 aliphatic heterocycles. The van der Waals surface area contributed by atoms with Crippen LogP contribution in [0, 0.1) is 0 Å². The largest absolute Gasteiger partial charge is 0.342 e. The Labute approximate surface area is 161 Å². The van der Waals surface area contributed by atoms with Gasteiger partial charge in [-0.3, -0.25) is 4.79 Å². The summed E-state index contributed by atoms with van der Waals surface area (Å²) >= 11 is 0. The van der Waals surface area contributed by atoms with Gasteiger partial charge in [0, 0.05) is 76.0 Å². The van der Waals surface area contributed by atoms with E-state index >= 15 is 0 Å². The molecular formula is C18H29N5O3S. The van der Waals surface area contributed by atoms with Crippen LogP contribution in [0.5, 0.6) is 0 Å². The highest BCUT2D eigenvalue weighted by molar-refractivity contribution is 7.86. The van der Waals surface area contributed by atoms with Crippen molar-refractivity contribution in [3.8, 4) is 0 Å². The fourth-order valence-corrected chi connectivity index (χ4v) is 5.49. The molecule has 1 amide bonds. The van der Waals surface area contributed by atoms with E-state index in [1.807, 2.05) is 18.7 Å². The van der Waals surface area contributed by atoms with Crippen LogP contribution < -0.4 is 0 Å². The standard InChI is InChI=1S/C18H29N5O3S/c1-4-22(5-2)27(25,26)23-10-8-17-16(13-23)11-19-18(20-17)15-7-6-9-21(12-15)14(3)24/h11,15H,4-10,12-13H2,1-3H3/t15-/m1/s1. The average molecular weight is 396 g/mol. The summed E-state index contributed by atoms with van der Waals surface area (Å²) < 4.78 is 28.5. The van der Waals surface area contributed by atoms with Gasteiger partial charge in [0.15, 0.2) is 0 Å². The fourth-order valence-electron chi connectivity index (χ4n) is 3.89. The van der Waals surface area contributed by atoms with Gasteiger partial charge in [-0.1, -0.05) is 13.8 Å². The first-order valence-corrected chi connectivity index (χ1v) is 11.1. The number of hydrogen-bond donors (Lipinski definition) is 0. The van der Waals surface area contributed by atoms with E-state index < -0.39 is 10.2 Å². The molecule has 0 aromatic carbocycles. The molecule has 0 saturated carbocycles. The normalized spacial score (nSPS) is 21.3. The molecule has 0 N–H and O–H groups in total. The molecule has 2 aliphatic rings. The van der Waals surface area contributed by atoms with E-state index in [1.54, 1.807) is 13.1 Å². The molecule has 0 bridgehead atoms. The van der Waals surface area contributed by atoms with Crippen LogP contribution in [0.4, 0.5) is 0 Å². The van der Waals surface area contributed by atoms with Gasteiger partial charge in [0.05, 0.1) is 0 Å². The maximum absolute atomic E-state index is 12.7. The van der Waals surface area contributed by atoms with E-state index in [4.69, 9.17) is 4.98 Å². The third kappa shape index (κ3) is 4.14. The molecule has 8 nitrogen and oxygen atoms in total. The third-order valence-corrected chi connectivity index (χ3v) is 7.64. The minimum Gasteiger partial charge on any atom is -0.342 e. The molecule has 1 atom stereocenters. The number of aromatic nitrogens is 2. The van der Waals surface area contributed by atoms with Gasteiger partial charge >= 0.3 is 0 Å². The Morgan fingerprint density at radius 1 is 1.30 bits per heavy atom. The number of hydrogen-bond acceptors (Lipinski definition) is 5. The molecule has 27 heavy (non-hydrogen) atoms. The van der Waals surface area contributed by atoms with Crippen LogP contribution in [-0.4, -0.2) is 70.5 Å². The number of rotatable bonds is 5. The van der Waals surface area contributed by atoms with Crippen LogP contribution in [0.15, 0.2) is 6.20 Å². The van der Waals surface area contributed by atoms with Gasteiger partial charge < -0.3 is 4.90 Å². The topological polar surface area (TPSA) is 86.7 Å². The second kappa shape index (κ2) is 8.20. The number of likely N-dealkylation sites (tertiary alicyclic amines) is 1. The summed E-state index contributed by atoms with van der Waals surface area (Å²) in [6, 6.07) is 0. The van der Waals surface area contributed by atoms with Gasteiger partial charge in [-0.05, 0) is 12.8 Å². The lowest BCUT2D eigenvalue weighted by molar-refractivity contribution is -0.130. The van der Waals surface area contributed by atoms with Crippen molar-refractivity contribution >= 4 is 16.1 Å². The van der Waals surface area contributed by atoms with Gasteiger partial charge in [0.25, 0.3) is 10.2 Å². The summed E-state index contributed by atoms with van der Waals surface area (Å²) in [5.74, 6) is 1.03. The third-order valence-electron chi connectivity index (χ3n) is 5.51. The summed E-state index contributed by atoms with van der Waals surface area (Å²) in [5.41, 5.74) is 1.81. The molecule has 9 heteroatoms. The van der Waals surface area contributed by atoms with E-state index in [0.29, 0.717) is 39.1 Å². The van der Waals surface area contributed by atoms with Crippen LogP contribution in [0.25, 0.3) is 0 Å². The molecular weight excluding hydrogens is 366 g/mol. The molecule has 1 aromatic heterocycles. The SMILES string of the molecule is CCN(CC)S(=O)(=O)N1CCc2nc([C@@H]3CCCN(C(C)=O)C3)ncc2C1. The zero-order valence-corrected chi connectivity index (χ0v) is 17.2. The maximum atomic E-state index is 12.7. The van der Waals surface area contributed by atoms with Gasteiger partial charge in [-0.25, -0.2) is 9.97 Å². The number of carbonyl (C=O) groups is 1. The first kappa shape index (κ1) is 20.2. The number of amides is 1. The molecule has 150 valence electrons. The Balaban J connectivity index is 1.76. The van der Waals surface area contributed by atoms with Crippen molar-refractivity contribution in [1.29, 1.82) is 0 Å². The summed E-state index contributed by atoms with van der Waals surface area (Å²) in [7, 11) is -3.45. The van der Waals surface area contributed by atoms with Crippen molar-refractivity contribution in [2.75, 3.05) is 32.7 Å². The van der Waals surface area contributed by atoms with Crippen molar-refractivity contribution in [3.05, 3.63) is 23.3 Å². The van der Waals surface area contributed by atoms with Crippen LogP contribution in [0.2, 0.25) is 0 Å². The van der Waals surface area contributed by atoms with Crippen molar-refractivity contribution in [2.24, 2.45) is 0 Å². The molecule has 1 fully saturated rings. The highest BCUT2D eigenvalue weighted by Gasteiger charge is 2.32.